The predicted octanol–water partition coefficient (Wildman–Crippen LogP) is 1.54. The minimum absolute atomic E-state index is 0.000312. The fourth-order valence-electron chi connectivity index (χ4n) is 2.39. The smallest absolute Gasteiger partial charge is 0.383 e. The van der Waals surface area contributed by atoms with Crippen LogP contribution in [0.5, 0.6) is 0 Å². The Morgan fingerprint density at radius 3 is 2.00 bits per heavy atom. The number of hydrogen-bond acceptors (Lipinski definition) is 6. The summed E-state index contributed by atoms with van der Waals surface area (Å²) in [5.41, 5.74) is -0.222. The van der Waals surface area contributed by atoms with Crippen molar-refractivity contribution in [2.24, 2.45) is 0 Å². The monoisotopic (exact) mass is 345 g/mol. The van der Waals surface area contributed by atoms with Gasteiger partial charge in [0.2, 0.25) is 5.78 Å². The van der Waals surface area contributed by atoms with E-state index in [-0.39, 0.29) is 19.4 Å². The second-order valence-electron chi connectivity index (χ2n) is 6.67. The van der Waals surface area contributed by atoms with E-state index in [4.69, 9.17) is 4.74 Å². The maximum atomic E-state index is 12.2. The molecule has 0 aromatic heterocycles. The van der Waals surface area contributed by atoms with Crippen molar-refractivity contribution in [2.45, 2.75) is 39.2 Å². The van der Waals surface area contributed by atoms with Gasteiger partial charge in [0.05, 0.1) is 11.1 Å². The standard InChI is InChI=1S/C18H19NO6/c1-18(2,3)25-17(24)14(21)13(20)9-6-10-19-15(22)11-7-4-5-8-12(11)16(19)23/h4-5,7-8H,6,9-10H2,1-3H3. The molecule has 0 saturated heterocycles. The van der Waals surface area contributed by atoms with E-state index in [1.807, 2.05) is 0 Å². The molecule has 0 radical (unpaired) electrons. The lowest BCUT2D eigenvalue weighted by Gasteiger charge is -2.18. The summed E-state index contributed by atoms with van der Waals surface area (Å²) < 4.78 is 4.85. The van der Waals surface area contributed by atoms with Crippen molar-refractivity contribution < 1.29 is 28.7 Å². The molecule has 0 bridgehead atoms. The van der Waals surface area contributed by atoms with Crippen LogP contribution in [0.2, 0.25) is 0 Å². The van der Waals surface area contributed by atoms with Gasteiger partial charge in [-0.3, -0.25) is 24.1 Å². The Balaban J connectivity index is 1.88. The summed E-state index contributed by atoms with van der Waals surface area (Å²) in [6.45, 7) is 4.76. The van der Waals surface area contributed by atoms with Crippen LogP contribution in [0.15, 0.2) is 24.3 Å². The number of Topliss-reactive ketones (excluding diaryl/α,β-unsaturated/α-hetero) is 2. The SMILES string of the molecule is CC(C)(C)OC(=O)C(=O)C(=O)CCCN1C(=O)c2ccccc2C1=O. The molecule has 0 N–H and O–H groups in total. The van der Waals surface area contributed by atoms with E-state index >= 15 is 0 Å². The molecule has 0 fully saturated rings. The molecule has 25 heavy (non-hydrogen) atoms. The van der Waals surface area contributed by atoms with E-state index in [0.29, 0.717) is 11.1 Å². The summed E-state index contributed by atoms with van der Waals surface area (Å²) in [7, 11) is 0. The third-order valence-corrected chi connectivity index (χ3v) is 3.50. The molecule has 0 saturated carbocycles. The maximum Gasteiger partial charge on any atom is 0.383 e. The Morgan fingerprint density at radius 2 is 1.52 bits per heavy atom. The lowest BCUT2D eigenvalue weighted by atomic mass is 10.1. The fraction of sp³-hybridized carbons (Fsp3) is 0.389. The molecule has 132 valence electrons. The minimum Gasteiger partial charge on any atom is -0.454 e. The molecule has 1 aromatic rings. The Morgan fingerprint density at radius 1 is 1.00 bits per heavy atom. The highest BCUT2D eigenvalue weighted by Crippen LogP contribution is 2.22. The molecule has 1 aliphatic rings. The molecule has 1 heterocycles. The molecule has 7 heteroatoms. The first-order chi connectivity index (χ1) is 11.6. The molecular formula is C18H19NO6. The predicted molar refractivity (Wildman–Crippen MR) is 86.9 cm³/mol. The highest BCUT2D eigenvalue weighted by Gasteiger charge is 2.35. The maximum absolute atomic E-state index is 12.2. The summed E-state index contributed by atoms with van der Waals surface area (Å²) in [6.07, 6.45) is -0.148. The molecule has 1 aliphatic heterocycles. The van der Waals surface area contributed by atoms with Crippen LogP contribution in [-0.2, 0) is 19.1 Å². The largest absolute Gasteiger partial charge is 0.454 e. The number of hydrogen-bond donors (Lipinski definition) is 0. The van der Waals surface area contributed by atoms with Crippen molar-refractivity contribution in [3.8, 4) is 0 Å². The summed E-state index contributed by atoms with van der Waals surface area (Å²) in [5, 5.41) is 0. The number of fused-ring (bicyclic) bond motifs is 1. The Labute approximate surface area is 144 Å². The molecule has 0 spiro atoms. The van der Waals surface area contributed by atoms with Gasteiger partial charge in [-0.15, -0.1) is 0 Å². The Bertz CT molecular complexity index is 724. The van der Waals surface area contributed by atoms with Crippen molar-refractivity contribution in [1.82, 2.24) is 4.90 Å². The van der Waals surface area contributed by atoms with E-state index in [1.165, 1.54) is 0 Å². The molecule has 2 amide bonds. The summed E-state index contributed by atoms with van der Waals surface area (Å²) >= 11 is 0. The number of esters is 1. The Hall–Kier alpha value is -2.83. The quantitative estimate of drug-likeness (QED) is 0.336. The Kier molecular flexibility index (Phi) is 5.15. The zero-order valence-electron chi connectivity index (χ0n) is 14.3. The second-order valence-corrected chi connectivity index (χ2v) is 6.67. The highest BCUT2D eigenvalue weighted by atomic mass is 16.6. The number of benzene rings is 1. The molecule has 0 atom stereocenters. The highest BCUT2D eigenvalue weighted by molar-refractivity contribution is 6.62. The normalized spacial score (nSPS) is 13.6. The minimum atomic E-state index is -1.22. The van der Waals surface area contributed by atoms with Gasteiger partial charge in [0, 0.05) is 13.0 Å². The van der Waals surface area contributed by atoms with Gasteiger partial charge in [-0.2, -0.15) is 0 Å². The zero-order chi connectivity index (χ0) is 18.8. The van der Waals surface area contributed by atoms with Crippen LogP contribution in [0.3, 0.4) is 0 Å². The van der Waals surface area contributed by atoms with E-state index in [1.54, 1.807) is 45.0 Å². The van der Waals surface area contributed by atoms with Gasteiger partial charge in [0.25, 0.3) is 11.8 Å². The van der Waals surface area contributed by atoms with E-state index in [2.05, 4.69) is 0 Å². The van der Waals surface area contributed by atoms with Gasteiger partial charge in [0.1, 0.15) is 5.60 Å². The fourth-order valence-corrected chi connectivity index (χ4v) is 2.39. The van der Waals surface area contributed by atoms with E-state index in [9.17, 15) is 24.0 Å². The molecular weight excluding hydrogens is 326 g/mol. The number of imide groups is 1. The van der Waals surface area contributed by atoms with Crippen LogP contribution in [0.4, 0.5) is 0 Å². The zero-order valence-corrected chi connectivity index (χ0v) is 14.3. The van der Waals surface area contributed by atoms with Gasteiger partial charge < -0.3 is 4.74 Å². The van der Waals surface area contributed by atoms with Crippen LogP contribution in [-0.4, -0.2) is 46.4 Å². The number of ketones is 2. The number of rotatable bonds is 6. The van der Waals surface area contributed by atoms with Crippen LogP contribution in [0.1, 0.15) is 54.3 Å². The number of ether oxygens (including phenoxy) is 1. The third kappa shape index (κ3) is 4.17. The lowest BCUT2D eigenvalue weighted by molar-refractivity contribution is -0.164. The topological polar surface area (TPSA) is 97.8 Å². The third-order valence-electron chi connectivity index (χ3n) is 3.50. The number of carbonyl (C=O) groups excluding carboxylic acids is 5. The number of carbonyl (C=O) groups is 5. The van der Waals surface area contributed by atoms with Crippen LogP contribution >= 0.6 is 0 Å². The van der Waals surface area contributed by atoms with Crippen LogP contribution in [0.25, 0.3) is 0 Å². The number of nitrogens with zero attached hydrogens (tertiary/aromatic N) is 1. The first-order valence-corrected chi connectivity index (χ1v) is 7.87. The van der Waals surface area contributed by atoms with Crippen LogP contribution < -0.4 is 0 Å². The van der Waals surface area contributed by atoms with Crippen molar-refractivity contribution in [1.29, 1.82) is 0 Å². The van der Waals surface area contributed by atoms with E-state index in [0.717, 1.165) is 4.90 Å². The second kappa shape index (κ2) is 6.96. The summed E-state index contributed by atoms with van der Waals surface area (Å²) in [5.74, 6) is -4.17. The first-order valence-electron chi connectivity index (χ1n) is 7.87. The first kappa shape index (κ1) is 18.5. The van der Waals surface area contributed by atoms with Crippen molar-refractivity contribution in [3.63, 3.8) is 0 Å². The van der Waals surface area contributed by atoms with Gasteiger partial charge in [-0.1, -0.05) is 12.1 Å². The molecule has 0 unspecified atom stereocenters. The van der Waals surface area contributed by atoms with Crippen LogP contribution in [0, 0.1) is 0 Å². The average molecular weight is 345 g/mol. The van der Waals surface area contributed by atoms with Gasteiger partial charge in [-0.05, 0) is 39.3 Å². The average Bonchev–Trinajstić information content (AvgIpc) is 2.77. The number of amides is 2. The van der Waals surface area contributed by atoms with Crippen molar-refractivity contribution >= 4 is 29.4 Å². The molecule has 2 rings (SSSR count). The molecule has 7 nitrogen and oxygen atoms in total. The summed E-state index contributed by atoms with van der Waals surface area (Å²) in [4.78, 5) is 60.4. The van der Waals surface area contributed by atoms with Gasteiger partial charge in [0.15, 0.2) is 0 Å². The van der Waals surface area contributed by atoms with Crippen molar-refractivity contribution in [3.05, 3.63) is 35.4 Å². The molecule has 0 aliphatic carbocycles. The lowest BCUT2D eigenvalue weighted by Crippen LogP contribution is -2.34. The van der Waals surface area contributed by atoms with Crippen molar-refractivity contribution in [2.75, 3.05) is 6.54 Å². The summed E-state index contributed by atoms with van der Waals surface area (Å²) in [6, 6.07) is 6.45. The van der Waals surface area contributed by atoms with Gasteiger partial charge >= 0.3 is 11.8 Å². The van der Waals surface area contributed by atoms with E-state index < -0.39 is 35.0 Å². The molecule has 1 aromatic carbocycles. The van der Waals surface area contributed by atoms with Gasteiger partial charge in [-0.25, -0.2) is 4.79 Å².